The second kappa shape index (κ2) is 5.84. The molecule has 1 atom stereocenters. The van der Waals surface area contributed by atoms with Crippen LogP contribution in [0.4, 0.5) is 10.5 Å². The van der Waals surface area contributed by atoms with Gasteiger partial charge in [0.25, 0.3) is 5.89 Å². The van der Waals surface area contributed by atoms with Crippen molar-refractivity contribution in [3.8, 4) is 11.5 Å². The second-order valence-electron chi connectivity index (χ2n) is 4.85. The van der Waals surface area contributed by atoms with Crippen LogP contribution < -0.4 is 10.2 Å². The van der Waals surface area contributed by atoms with Crippen molar-refractivity contribution in [2.45, 2.75) is 13.0 Å². The summed E-state index contributed by atoms with van der Waals surface area (Å²) >= 11 is 0. The molecule has 22 heavy (non-hydrogen) atoms. The molecule has 0 aliphatic carbocycles. The van der Waals surface area contributed by atoms with Crippen LogP contribution in [-0.4, -0.2) is 41.3 Å². The highest BCUT2D eigenvalue weighted by atomic mass is 16.6. The van der Waals surface area contributed by atoms with E-state index in [0.717, 1.165) is 5.56 Å². The van der Waals surface area contributed by atoms with Crippen molar-refractivity contribution in [3.63, 3.8) is 0 Å². The van der Waals surface area contributed by atoms with E-state index in [-0.39, 0.29) is 12.0 Å². The Hall–Kier alpha value is -2.90. The predicted octanol–water partition coefficient (Wildman–Crippen LogP) is 1.20. The zero-order valence-electron chi connectivity index (χ0n) is 11.9. The third kappa shape index (κ3) is 2.90. The second-order valence-corrected chi connectivity index (χ2v) is 4.85. The van der Waals surface area contributed by atoms with E-state index in [0.29, 0.717) is 24.7 Å². The molecule has 2 heterocycles. The number of nitrogens with one attached hydrogen (secondary N) is 1. The summed E-state index contributed by atoms with van der Waals surface area (Å²) < 4.78 is 10.2. The minimum absolute atomic E-state index is 0.154. The van der Waals surface area contributed by atoms with Crippen LogP contribution in [0.5, 0.6) is 0 Å². The molecule has 2 aromatic rings. The van der Waals surface area contributed by atoms with Crippen LogP contribution in [0.25, 0.3) is 11.5 Å². The SMILES string of the molecule is CC(=O)NCC1CN(c2ccc(-c3ncno3)cc2)C(=O)O1. The summed E-state index contributed by atoms with van der Waals surface area (Å²) in [5.41, 5.74) is 1.47. The maximum Gasteiger partial charge on any atom is 0.414 e. The summed E-state index contributed by atoms with van der Waals surface area (Å²) in [5.74, 6) is 0.262. The Morgan fingerprint density at radius 2 is 2.18 bits per heavy atom. The van der Waals surface area contributed by atoms with Crippen LogP contribution in [0.15, 0.2) is 35.1 Å². The lowest BCUT2D eigenvalue weighted by Gasteiger charge is -2.13. The van der Waals surface area contributed by atoms with Crippen LogP contribution in [0.3, 0.4) is 0 Å². The van der Waals surface area contributed by atoms with E-state index in [4.69, 9.17) is 9.26 Å². The molecule has 0 radical (unpaired) electrons. The van der Waals surface area contributed by atoms with Crippen LogP contribution in [0.1, 0.15) is 6.92 Å². The molecule has 114 valence electrons. The molecular formula is C14H14N4O4. The van der Waals surface area contributed by atoms with Crippen LogP contribution in [0, 0.1) is 0 Å². The van der Waals surface area contributed by atoms with Gasteiger partial charge in [0.05, 0.1) is 13.1 Å². The summed E-state index contributed by atoms with van der Waals surface area (Å²) in [4.78, 5) is 28.3. The third-order valence-corrected chi connectivity index (χ3v) is 3.24. The maximum atomic E-state index is 11.9. The first kappa shape index (κ1) is 14.1. The Kier molecular flexibility index (Phi) is 3.73. The van der Waals surface area contributed by atoms with E-state index in [1.54, 1.807) is 24.3 Å². The number of rotatable bonds is 4. The minimum Gasteiger partial charge on any atom is -0.442 e. The Labute approximate surface area is 126 Å². The lowest BCUT2D eigenvalue weighted by atomic mass is 10.2. The first-order valence-corrected chi connectivity index (χ1v) is 6.73. The zero-order valence-corrected chi connectivity index (χ0v) is 11.9. The summed E-state index contributed by atoms with van der Waals surface area (Å²) in [6.45, 7) is 2.11. The van der Waals surface area contributed by atoms with Crippen LogP contribution in [-0.2, 0) is 9.53 Å². The largest absolute Gasteiger partial charge is 0.442 e. The van der Waals surface area contributed by atoms with Crippen molar-refractivity contribution < 1.29 is 18.8 Å². The van der Waals surface area contributed by atoms with Crippen LogP contribution >= 0.6 is 0 Å². The molecule has 0 bridgehead atoms. The number of ether oxygens (including phenoxy) is 1. The molecule has 1 aromatic carbocycles. The van der Waals surface area contributed by atoms with E-state index in [2.05, 4.69) is 15.5 Å². The van der Waals surface area contributed by atoms with Gasteiger partial charge in [-0.2, -0.15) is 4.98 Å². The highest BCUT2D eigenvalue weighted by molar-refractivity contribution is 5.90. The lowest BCUT2D eigenvalue weighted by molar-refractivity contribution is -0.119. The average Bonchev–Trinajstić information content (AvgIpc) is 3.15. The van der Waals surface area contributed by atoms with Gasteiger partial charge in [0.15, 0.2) is 6.33 Å². The summed E-state index contributed by atoms with van der Waals surface area (Å²) in [5, 5.41) is 6.19. The highest BCUT2D eigenvalue weighted by Crippen LogP contribution is 2.24. The molecule has 2 amide bonds. The number of benzene rings is 1. The summed E-state index contributed by atoms with van der Waals surface area (Å²) in [6, 6.07) is 7.14. The highest BCUT2D eigenvalue weighted by Gasteiger charge is 2.32. The number of nitrogens with zero attached hydrogens (tertiary/aromatic N) is 3. The van der Waals surface area contributed by atoms with Gasteiger partial charge in [-0.25, -0.2) is 4.79 Å². The normalized spacial score (nSPS) is 17.4. The van der Waals surface area contributed by atoms with Gasteiger partial charge in [-0.1, -0.05) is 5.16 Å². The van der Waals surface area contributed by atoms with Crippen molar-refractivity contribution in [2.75, 3.05) is 18.0 Å². The fourth-order valence-corrected chi connectivity index (χ4v) is 2.18. The van der Waals surface area contributed by atoms with E-state index < -0.39 is 6.09 Å². The first-order chi connectivity index (χ1) is 10.6. The van der Waals surface area contributed by atoms with Crippen molar-refractivity contribution in [3.05, 3.63) is 30.6 Å². The molecule has 1 aromatic heterocycles. The molecule has 0 saturated carbocycles. The molecule has 3 rings (SSSR count). The number of hydrogen-bond donors (Lipinski definition) is 1. The monoisotopic (exact) mass is 302 g/mol. The number of anilines is 1. The standard InChI is InChI=1S/C14H14N4O4/c1-9(19)15-6-12-7-18(14(20)21-12)11-4-2-10(3-5-11)13-16-8-17-22-13/h2-5,8,12H,6-7H2,1H3,(H,15,19). The van der Waals surface area contributed by atoms with E-state index in [1.165, 1.54) is 18.2 Å². The van der Waals surface area contributed by atoms with E-state index in [1.807, 2.05) is 0 Å². The van der Waals surface area contributed by atoms with Gasteiger partial charge >= 0.3 is 6.09 Å². The first-order valence-electron chi connectivity index (χ1n) is 6.73. The molecule has 1 N–H and O–H groups in total. The van der Waals surface area contributed by atoms with Crippen LogP contribution in [0.2, 0.25) is 0 Å². The van der Waals surface area contributed by atoms with E-state index in [9.17, 15) is 9.59 Å². The zero-order chi connectivity index (χ0) is 15.5. The van der Waals surface area contributed by atoms with Gasteiger partial charge < -0.3 is 14.6 Å². The number of amides is 2. The number of carbonyl (C=O) groups is 2. The molecular weight excluding hydrogens is 288 g/mol. The van der Waals surface area contributed by atoms with Gasteiger partial charge in [0.2, 0.25) is 5.91 Å². The Morgan fingerprint density at radius 1 is 1.41 bits per heavy atom. The maximum absolute atomic E-state index is 11.9. The Balaban J connectivity index is 1.69. The van der Waals surface area contributed by atoms with Gasteiger partial charge in [0, 0.05) is 18.2 Å². The number of aromatic nitrogens is 2. The van der Waals surface area contributed by atoms with E-state index >= 15 is 0 Å². The summed E-state index contributed by atoms with van der Waals surface area (Å²) in [7, 11) is 0. The smallest absolute Gasteiger partial charge is 0.414 e. The number of hydrogen-bond acceptors (Lipinski definition) is 6. The molecule has 1 saturated heterocycles. The minimum atomic E-state index is -0.430. The molecule has 0 spiro atoms. The predicted molar refractivity (Wildman–Crippen MR) is 76.0 cm³/mol. The fourth-order valence-electron chi connectivity index (χ4n) is 2.18. The molecule has 8 heteroatoms. The molecule has 8 nitrogen and oxygen atoms in total. The van der Waals surface area contributed by atoms with Gasteiger partial charge in [0.1, 0.15) is 6.10 Å². The third-order valence-electron chi connectivity index (χ3n) is 3.24. The topological polar surface area (TPSA) is 97.6 Å². The molecule has 1 fully saturated rings. The molecule has 1 aliphatic heterocycles. The van der Waals surface area contributed by atoms with Crippen molar-refractivity contribution in [1.82, 2.24) is 15.5 Å². The number of carbonyl (C=O) groups excluding carboxylic acids is 2. The lowest BCUT2D eigenvalue weighted by Crippen LogP contribution is -2.33. The van der Waals surface area contributed by atoms with Gasteiger partial charge in [-0.05, 0) is 24.3 Å². The number of cyclic esters (lactones) is 1. The Morgan fingerprint density at radius 3 is 2.82 bits per heavy atom. The van der Waals surface area contributed by atoms with Gasteiger partial charge in [-0.3, -0.25) is 9.69 Å². The quantitative estimate of drug-likeness (QED) is 0.911. The molecule has 1 aliphatic rings. The fraction of sp³-hybridized carbons (Fsp3) is 0.286. The van der Waals surface area contributed by atoms with Crippen molar-refractivity contribution in [2.24, 2.45) is 0 Å². The van der Waals surface area contributed by atoms with Crippen molar-refractivity contribution in [1.29, 1.82) is 0 Å². The summed E-state index contributed by atoms with van der Waals surface area (Å²) in [6.07, 6.45) is 0.543. The Bertz CT molecular complexity index is 669. The van der Waals surface area contributed by atoms with Gasteiger partial charge in [-0.15, -0.1) is 0 Å². The molecule has 1 unspecified atom stereocenters. The van der Waals surface area contributed by atoms with Crippen molar-refractivity contribution >= 4 is 17.7 Å². The average molecular weight is 302 g/mol.